The predicted molar refractivity (Wildman–Crippen MR) is 74.2 cm³/mol. The third-order valence-electron chi connectivity index (χ3n) is 2.65. The monoisotopic (exact) mass is 275 g/mol. The summed E-state index contributed by atoms with van der Waals surface area (Å²) in [7, 11) is 0. The third-order valence-corrected chi connectivity index (χ3v) is 2.65. The number of terminal acetylenes is 1. The van der Waals surface area contributed by atoms with Crippen molar-refractivity contribution in [1.29, 1.82) is 0 Å². The summed E-state index contributed by atoms with van der Waals surface area (Å²) in [6.45, 7) is 3.36. The van der Waals surface area contributed by atoms with E-state index in [-0.39, 0.29) is 19.8 Å². The van der Waals surface area contributed by atoms with Crippen LogP contribution in [0.25, 0.3) is 0 Å². The van der Waals surface area contributed by atoms with Gasteiger partial charge in [0.1, 0.15) is 5.75 Å². The molecule has 0 aliphatic heterocycles. The molecule has 0 saturated carbocycles. The molecule has 5 heteroatoms. The molecule has 0 aliphatic rings. The first-order chi connectivity index (χ1) is 9.54. The quantitative estimate of drug-likeness (QED) is 0.621. The topological polar surface area (TPSA) is 64.6 Å². The standard InChI is InChI=1S/C15H17NO4/c1-4-8-16-14(17)9-20-15(18)10-19-13-7-5-6-11(2)12(13)3/h1,5-7H,8-10H2,2-3H3,(H,16,17). The fourth-order valence-electron chi connectivity index (χ4n) is 1.41. The second-order valence-electron chi connectivity index (χ2n) is 4.13. The number of ether oxygens (including phenoxy) is 2. The SMILES string of the molecule is C#CCNC(=O)COC(=O)COc1cccc(C)c1C. The number of carbonyl (C=O) groups is 2. The number of amides is 1. The summed E-state index contributed by atoms with van der Waals surface area (Å²) in [5, 5.41) is 2.38. The summed E-state index contributed by atoms with van der Waals surface area (Å²) in [4.78, 5) is 22.6. The summed E-state index contributed by atoms with van der Waals surface area (Å²) in [6, 6.07) is 5.57. The molecule has 5 nitrogen and oxygen atoms in total. The molecule has 0 aromatic heterocycles. The van der Waals surface area contributed by atoms with Crippen LogP contribution in [-0.2, 0) is 14.3 Å². The highest BCUT2D eigenvalue weighted by molar-refractivity contribution is 5.81. The molecule has 0 unspecified atom stereocenters. The highest BCUT2D eigenvalue weighted by Gasteiger charge is 2.09. The molecule has 0 aliphatic carbocycles. The van der Waals surface area contributed by atoms with Crippen molar-refractivity contribution in [3.05, 3.63) is 29.3 Å². The lowest BCUT2D eigenvalue weighted by molar-refractivity contribution is -0.150. The number of benzene rings is 1. The number of aryl methyl sites for hydroxylation is 1. The van der Waals surface area contributed by atoms with E-state index < -0.39 is 11.9 Å². The first-order valence-electron chi connectivity index (χ1n) is 6.09. The van der Waals surface area contributed by atoms with Gasteiger partial charge < -0.3 is 14.8 Å². The summed E-state index contributed by atoms with van der Waals surface area (Å²) in [5.41, 5.74) is 2.04. The van der Waals surface area contributed by atoms with Crippen LogP contribution in [0.15, 0.2) is 18.2 Å². The Balaban J connectivity index is 2.35. The Morgan fingerprint density at radius 3 is 2.75 bits per heavy atom. The maximum Gasteiger partial charge on any atom is 0.344 e. The second-order valence-corrected chi connectivity index (χ2v) is 4.13. The molecule has 20 heavy (non-hydrogen) atoms. The minimum Gasteiger partial charge on any atom is -0.482 e. The summed E-state index contributed by atoms with van der Waals surface area (Å²) in [5.74, 6) is 1.82. The lowest BCUT2D eigenvalue weighted by Crippen LogP contribution is -2.30. The van der Waals surface area contributed by atoms with Crippen LogP contribution >= 0.6 is 0 Å². The van der Waals surface area contributed by atoms with Crippen molar-refractivity contribution in [1.82, 2.24) is 5.32 Å². The van der Waals surface area contributed by atoms with Gasteiger partial charge in [-0.1, -0.05) is 18.1 Å². The van der Waals surface area contributed by atoms with Crippen molar-refractivity contribution < 1.29 is 19.1 Å². The number of hydrogen-bond acceptors (Lipinski definition) is 4. The molecule has 1 N–H and O–H groups in total. The highest BCUT2D eigenvalue weighted by Crippen LogP contribution is 2.20. The van der Waals surface area contributed by atoms with Crippen LogP contribution in [-0.4, -0.2) is 31.6 Å². The van der Waals surface area contributed by atoms with Crippen molar-refractivity contribution in [2.24, 2.45) is 0 Å². The number of hydrogen-bond donors (Lipinski definition) is 1. The smallest absolute Gasteiger partial charge is 0.344 e. The number of esters is 1. The third kappa shape index (κ3) is 5.02. The zero-order chi connectivity index (χ0) is 15.0. The van der Waals surface area contributed by atoms with Crippen LogP contribution in [0.2, 0.25) is 0 Å². The molecular formula is C15H17NO4. The van der Waals surface area contributed by atoms with Crippen molar-refractivity contribution in [2.45, 2.75) is 13.8 Å². The molecule has 0 spiro atoms. The lowest BCUT2D eigenvalue weighted by Gasteiger charge is -2.10. The molecule has 0 fully saturated rings. The fourth-order valence-corrected chi connectivity index (χ4v) is 1.41. The molecule has 0 radical (unpaired) electrons. The highest BCUT2D eigenvalue weighted by atomic mass is 16.6. The van der Waals surface area contributed by atoms with E-state index in [9.17, 15) is 9.59 Å². The average Bonchev–Trinajstić information content (AvgIpc) is 2.44. The summed E-state index contributed by atoms with van der Waals surface area (Å²) < 4.78 is 10.1. The zero-order valence-corrected chi connectivity index (χ0v) is 11.6. The van der Waals surface area contributed by atoms with Crippen LogP contribution < -0.4 is 10.1 Å². The normalized spacial score (nSPS) is 9.45. The maximum atomic E-state index is 11.4. The predicted octanol–water partition coefficient (Wildman–Crippen LogP) is 0.975. The second kappa shape index (κ2) is 7.85. The first kappa shape index (κ1) is 15.6. The van der Waals surface area contributed by atoms with Gasteiger partial charge in [0.15, 0.2) is 13.2 Å². The van der Waals surface area contributed by atoms with Crippen molar-refractivity contribution >= 4 is 11.9 Å². The fraction of sp³-hybridized carbons (Fsp3) is 0.333. The van der Waals surface area contributed by atoms with E-state index >= 15 is 0 Å². The van der Waals surface area contributed by atoms with Crippen LogP contribution in [0.5, 0.6) is 5.75 Å². The van der Waals surface area contributed by atoms with Gasteiger partial charge in [0.25, 0.3) is 5.91 Å². The van der Waals surface area contributed by atoms with Gasteiger partial charge in [-0.3, -0.25) is 4.79 Å². The average molecular weight is 275 g/mol. The van der Waals surface area contributed by atoms with Gasteiger partial charge in [0.05, 0.1) is 6.54 Å². The lowest BCUT2D eigenvalue weighted by atomic mass is 10.1. The van der Waals surface area contributed by atoms with Crippen molar-refractivity contribution in [2.75, 3.05) is 19.8 Å². The number of carbonyl (C=O) groups excluding carboxylic acids is 2. The van der Waals surface area contributed by atoms with Crippen LogP contribution in [0.3, 0.4) is 0 Å². The van der Waals surface area contributed by atoms with Gasteiger partial charge in [0, 0.05) is 0 Å². The van der Waals surface area contributed by atoms with E-state index in [0.29, 0.717) is 5.75 Å². The Hall–Kier alpha value is -2.48. The molecule has 0 bridgehead atoms. The Morgan fingerprint density at radius 1 is 1.30 bits per heavy atom. The van der Waals surface area contributed by atoms with E-state index in [1.807, 2.05) is 26.0 Å². The van der Waals surface area contributed by atoms with Gasteiger partial charge in [0.2, 0.25) is 0 Å². The van der Waals surface area contributed by atoms with E-state index in [4.69, 9.17) is 15.9 Å². The molecule has 1 rings (SSSR count). The van der Waals surface area contributed by atoms with Gasteiger partial charge >= 0.3 is 5.97 Å². The van der Waals surface area contributed by atoms with Crippen LogP contribution in [0.4, 0.5) is 0 Å². The van der Waals surface area contributed by atoms with Gasteiger partial charge in [-0.05, 0) is 31.0 Å². The minimum atomic E-state index is -0.609. The molecule has 1 aromatic carbocycles. The first-order valence-corrected chi connectivity index (χ1v) is 6.09. The largest absolute Gasteiger partial charge is 0.482 e. The molecule has 1 amide bonds. The van der Waals surface area contributed by atoms with Crippen LogP contribution in [0, 0.1) is 26.2 Å². The van der Waals surface area contributed by atoms with E-state index in [1.165, 1.54) is 0 Å². The van der Waals surface area contributed by atoms with Crippen molar-refractivity contribution in [3.63, 3.8) is 0 Å². The molecule has 1 aromatic rings. The Labute approximate surface area is 118 Å². The summed E-state index contributed by atoms with van der Waals surface area (Å²) in [6.07, 6.45) is 4.98. The zero-order valence-electron chi connectivity index (χ0n) is 11.6. The van der Waals surface area contributed by atoms with Crippen molar-refractivity contribution in [3.8, 4) is 18.1 Å². The molecule has 0 atom stereocenters. The van der Waals surface area contributed by atoms with Gasteiger partial charge in [-0.25, -0.2) is 4.79 Å². The molecular weight excluding hydrogens is 258 g/mol. The number of rotatable bonds is 6. The Bertz CT molecular complexity index is 531. The Kier molecular flexibility index (Phi) is 6.11. The minimum absolute atomic E-state index is 0.107. The molecule has 0 saturated heterocycles. The molecule has 0 heterocycles. The maximum absolute atomic E-state index is 11.4. The van der Waals surface area contributed by atoms with E-state index in [1.54, 1.807) is 6.07 Å². The van der Waals surface area contributed by atoms with Crippen LogP contribution in [0.1, 0.15) is 11.1 Å². The molecule has 106 valence electrons. The number of nitrogens with one attached hydrogen (secondary N) is 1. The van der Waals surface area contributed by atoms with Gasteiger partial charge in [-0.2, -0.15) is 0 Å². The Morgan fingerprint density at radius 2 is 2.05 bits per heavy atom. The van der Waals surface area contributed by atoms with E-state index in [0.717, 1.165) is 11.1 Å². The summed E-state index contributed by atoms with van der Waals surface area (Å²) >= 11 is 0. The van der Waals surface area contributed by atoms with E-state index in [2.05, 4.69) is 11.2 Å². The van der Waals surface area contributed by atoms with Gasteiger partial charge in [-0.15, -0.1) is 6.42 Å².